The van der Waals surface area contributed by atoms with Gasteiger partial charge in [0.1, 0.15) is 11.5 Å². The highest BCUT2D eigenvalue weighted by molar-refractivity contribution is 6.59. The maximum absolute atomic E-state index is 12.0. The SMILES string of the molecule is COc1ccc(C(=O)COc2ccccc2B(O)O)cc1. The Kier molecular flexibility index (Phi) is 4.97. The number of carbonyl (C=O) groups is 1. The molecule has 0 aromatic heterocycles. The zero-order valence-electron chi connectivity index (χ0n) is 11.5. The van der Waals surface area contributed by atoms with E-state index in [0.717, 1.165) is 0 Å². The molecule has 0 fully saturated rings. The fraction of sp³-hybridized carbons (Fsp3) is 0.133. The second-order valence-corrected chi connectivity index (χ2v) is 4.35. The molecule has 0 bridgehead atoms. The molecule has 0 aliphatic rings. The lowest BCUT2D eigenvalue weighted by molar-refractivity contribution is 0.0922. The van der Waals surface area contributed by atoms with Crippen LogP contribution in [-0.4, -0.2) is 36.7 Å². The molecule has 2 N–H and O–H groups in total. The van der Waals surface area contributed by atoms with Gasteiger partial charge in [0.25, 0.3) is 0 Å². The summed E-state index contributed by atoms with van der Waals surface area (Å²) in [5.74, 6) is 0.732. The number of hydrogen-bond donors (Lipinski definition) is 2. The van der Waals surface area contributed by atoms with E-state index in [4.69, 9.17) is 9.47 Å². The lowest BCUT2D eigenvalue weighted by Gasteiger charge is -2.10. The van der Waals surface area contributed by atoms with Gasteiger partial charge in [0, 0.05) is 11.0 Å². The highest BCUT2D eigenvalue weighted by Gasteiger charge is 2.17. The molecule has 2 aromatic carbocycles. The highest BCUT2D eigenvalue weighted by Crippen LogP contribution is 2.13. The normalized spacial score (nSPS) is 10.0. The van der Waals surface area contributed by atoms with Crippen LogP contribution >= 0.6 is 0 Å². The summed E-state index contributed by atoms with van der Waals surface area (Å²) in [5.41, 5.74) is 0.720. The van der Waals surface area contributed by atoms with Crippen LogP contribution in [0.2, 0.25) is 0 Å². The molecule has 108 valence electrons. The van der Waals surface area contributed by atoms with Crippen molar-refractivity contribution in [3.63, 3.8) is 0 Å². The summed E-state index contributed by atoms with van der Waals surface area (Å²) < 4.78 is 10.4. The molecule has 0 spiro atoms. The van der Waals surface area contributed by atoms with E-state index in [9.17, 15) is 14.8 Å². The van der Waals surface area contributed by atoms with E-state index in [1.54, 1.807) is 49.6 Å². The van der Waals surface area contributed by atoms with Gasteiger partial charge >= 0.3 is 7.12 Å². The monoisotopic (exact) mass is 286 g/mol. The third-order valence-corrected chi connectivity index (χ3v) is 2.97. The molecule has 0 radical (unpaired) electrons. The average Bonchev–Trinajstić information content (AvgIpc) is 2.52. The van der Waals surface area contributed by atoms with Crippen molar-refractivity contribution in [2.24, 2.45) is 0 Å². The molecule has 0 saturated heterocycles. The minimum Gasteiger partial charge on any atom is -0.497 e. The summed E-state index contributed by atoms with van der Waals surface area (Å²) in [7, 11) is -0.0888. The van der Waals surface area contributed by atoms with Crippen LogP contribution in [0.25, 0.3) is 0 Å². The third kappa shape index (κ3) is 3.84. The lowest BCUT2D eigenvalue weighted by atomic mass is 9.79. The second-order valence-electron chi connectivity index (χ2n) is 4.35. The van der Waals surface area contributed by atoms with Crippen LogP contribution in [0, 0.1) is 0 Å². The maximum atomic E-state index is 12.0. The smallest absolute Gasteiger partial charge is 0.492 e. The van der Waals surface area contributed by atoms with Crippen molar-refractivity contribution < 1.29 is 24.3 Å². The molecule has 2 rings (SSSR count). The minimum atomic E-state index is -1.64. The van der Waals surface area contributed by atoms with Crippen LogP contribution in [0.3, 0.4) is 0 Å². The van der Waals surface area contributed by atoms with Crippen molar-refractivity contribution in [3.8, 4) is 11.5 Å². The van der Waals surface area contributed by atoms with Crippen molar-refractivity contribution in [3.05, 3.63) is 54.1 Å². The number of hydrogen-bond acceptors (Lipinski definition) is 5. The predicted octanol–water partition coefficient (Wildman–Crippen LogP) is 0.637. The number of ether oxygens (including phenoxy) is 2. The van der Waals surface area contributed by atoms with Crippen LogP contribution in [0.1, 0.15) is 10.4 Å². The molecule has 0 unspecified atom stereocenters. The molecule has 0 atom stereocenters. The van der Waals surface area contributed by atoms with Gasteiger partial charge in [0.05, 0.1) is 7.11 Å². The fourth-order valence-electron chi connectivity index (χ4n) is 1.83. The molecule has 2 aromatic rings. The van der Waals surface area contributed by atoms with Crippen LogP contribution < -0.4 is 14.9 Å². The molecule has 5 nitrogen and oxygen atoms in total. The standard InChI is InChI=1S/C15H15BO5/c1-20-12-8-6-11(7-9-12)14(17)10-21-15-5-3-2-4-13(15)16(18)19/h2-9,18-19H,10H2,1H3. The lowest BCUT2D eigenvalue weighted by Crippen LogP contribution is -2.32. The maximum Gasteiger partial charge on any atom is 0.492 e. The molecule has 6 heteroatoms. The molecule has 21 heavy (non-hydrogen) atoms. The van der Waals surface area contributed by atoms with Gasteiger partial charge < -0.3 is 19.5 Å². The largest absolute Gasteiger partial charge is 0.497 e. The van der Waals surface area contributed by atoms with Crippen LogP contribution in [0.4, 0.5) is 0 Å². The van der Waals surface area contributed by atoms with Gasteiger partial charge in [-0.2, -0.15) is 0 Å². The number of ketones is 1. The van der Waals surface area contributed by atoms with E-state index in [2.05, 4.69) is 0 Å². The Morgan fingerprint density at radius 1 is 1.10 bits per heavy atom. The highest BCUT2D eigenvalue weighted by atomic mass is 16.5. The van der Waals surface area contributed by atoms with Crippen molar-refractivity contribution in [1.29, 1.82) is 0 Å². The van der Waals surface area contributed by atoms with Crippen molar-refractivity contribution in [2.45, 2.75) is 0 Å². The average molecular weight is 286 g/mol. The van der Waals surface area contributed by atoms with E-state index >= 15 is 0 Å². The first kappa shape index (κ1) is 15.1. The Morgan fingerprint density at radius 2 is 1.76 bits per heavy atom. The number of Topliss-reactive ketones (excluding diaryl/α,β-unsaturated/α-hetero) is 1. The summed E-state index contributed by atoms with van der Waals surface area (Å²) in [5, 5.41) is 18.4. The summed E-state index contributed by atoms with van der Waals surface area (Å²) in [6.07, 6.45) is 0. The Morgan fingerprint density at radius 3 is 2.38 bits per heavy atom. The molecule has 0 saturated carbocycles. The van der Waals surface area contributed by atoms with E-state index in [0.29, 0.717) is 11.3 Å². The Labute approximate surface area is 122 Å². The fourth-order valence-corrected chi connectivity index (χ4v) is 1.83. The van der Waals surface area contributed by atoms with Crippen LogP contribution in [-0.2, 0) is 0 Å². The van der Waals surface area contributed by atoms with Gasteiger partial charge in [-0.15, -0.1) is 0 Å². The number of benzene rings is 2. The summed E-state index contributed by atoms with van der Waals surface area (Å²) in [6.45, 7) is -0.184. The number of rotatable bonds is 6. The molecular formula is C15H15BO5. The van der Waals surface area contributed by atoms with E-state index in [1.807, 2.05) is 0 Å². The Bertz CT molecular complexity index is 610. The van der Waals surface area contributed by atoms with Crippen molar-refractivity contribution in [1.82, 2.24) is 0 Å². The molecule has 0 aliphatic heterocycles. The predicted molar refractivity (Wildman–Crippen MR) is 79.1 cm³/mol. The summed E-state index contributed by atoms with van der Waals surface area (Å²) in [6, 6.07) is 13.1. The van der Waals surface area contributed by atoms with Gasteiger partial charge in [-0.1, -0.05) is 18.2 Å². The van der Waals surface area contributed by atoms with Crippen molar-refractivity contribution >= 4 is 18.4 Å². The van der Waals surface area contributed by atoms with Crippen molar-refractivity contribution in [2.75, 3.05) is 13.7 Å². The van der Waals surface area contributed by atoms with E-state index in [-0.39, 0.29) is 23.6 Å². The van der Waals surface area contributed by atoms with Gasteiger partial charge in [0.15, 0.2) is 12.4 Å². The van der Waals surface area contributed by atoms with E-state index in [1.165, 1.54) is 6.07 Å². The van der Waals surface area contributed by atoms with Gasteiger partial charge in [0.2, 0.25) is 0 Å². The third-order valence-electron chi connectivity index (χ3n) is 2.97. The Balaban J connectivity index is 2.04. The number of carbonyl (C=O) groups excluding carboxylic acids is 1. The number of methoxy groups -OCH3 is 1. The quantitative estimate of drug-likeness (QED) is 0.602. The zero-order valence-corrected chi connectivity index (χ0v) is 11.5. The van der Waals surface area contributed by atoms with Gasteiger partial charge in [-0.05, 0) is 30.3 Å². The topological polar surface area (TPSA) is 76.0 Å². The summed E-state index contributed by atoms with van der Waals surface area (Å²) in [4.78, 5) is 12.0. The van der Waals surface area contributed by atoms with Crippen LogP contribution in [0.15, 0.2) is 48.5 Å². The van der Waals surface area contributed by atoms with Gasteiger partial charge in [-0.25, -0.2) is 0 Å². The first-order valence-electron chi connectivity index (χ1n) is 6.37. The zero-order chi connectivity index (χ0) is 15.2. The van der Waals surface area contributed by atoms with Crippen LogP contribution in [0.5, 0.6) is 11.5 Å². The molecule has 0 amide bonds. The Hall–Kier alpha value is -2.31. The molecule has 0 aliphatic carbocycles. The first-order valence-corrected chi connectivity index (χ1v) is 6.37. The number of para-hydroxylation sites is 1. The second kappa shape index (κ2) is 6.92. The first-order chi connectivity index (χ1) is 10.1. The van der Waals surface area contributed by atoms with Gasteiger partial charge in [-0.3, -0.25) is 4.79 Å². The molecular weight excluding hydrogens is 271 g/mol. The van der Waals surface area contributed by atoms with E-state index < -0.39 is 7.12 Å². The summed E-state index contributed by atoms with van der Waals surface area (Å²) >= 11 is 0. The molecule has 0 heterocycles. The minimum absolute atomic E-state index is 0.184.